The minimum atomic E-state index is -3.50. The van der Waals surface area contributed by atoms with Gasteiger partial charge < -0.3 is 9.64 Å². The van der Waals surface area contributed by atoms with E-state index in [9.17, 15) is 13.2 Å². The van der Waals surface area contributed by atoms with E-state index < -0.39 is 10.0 Å². The van der Waals surface area contributed by atoms with E-state index in [0.29, 0.717) is 18.7 Å². The highest BCUT2D eigenvalue weighted by Gasteiger charge is 2.15. The molecule has 0 fully saturated rings. The van der Waals surface area contributed by atoms with Gasteiger partial charge in [0.25, 0.3) is 5.91 Å². The molecule has 0 aromatic heterocycles. The highest BCUT2D eigenvalue weighted by atomic mass is 32.2. The average Bonchev–Trinajstić information content (AvgIpc) is 2.62. The monoisotopic (exact) mass is 348 g/mol. The number of sulfonamides is 1. The number of ether oxygens (including phenoxy) is 1. The van der Waals surface area contributed by atoms with E-state index >= 15 is 0 Å². The number of amides is 1. The van der Waals surface area contributed by atoms with Gasteiger partial charge in [0.1, 0.15) is 12.4 Å². The Bertz CT molecular complexity index is 774. The normalized spacial score (nSPS) is 11.1. The topological polar surface area (TPSA) is 75.7 Å². The van der Waals surface area contributed by atoms with Crippen LogP contribution in [0.4, 0.5) is 0 Å². The zero-order valence-electron chi connectivity index (χ0n) is 13.6. The molecule has 0 saturated carbocycles. The smallest absolute Gasteiger partial charge is 0.253 e. The van der Waals surface area contributed by atoms with Gasteiger partial charge in [-0.25, -0.2) is 13.1 Å². The van der Waals surface area contributed by atoms with Gasteiger partial charge in [0.05, 0.1) is 11.4 Å². The van der Waals surface area contributed by atoms with Gasteiger partial charge in [-0.1, -0.05) is 18.2 Å². The van der Waals surface area contributed by atoms with Gasteiger partial charge in [0, 0.05) is 12.6 Å². The first-order valence-electron chi connectivity index (χ1n) is 7.41. The summed E-state index contributed by atoms with van der Waals surface area (Å²) in [7, 11) is -0.483. The summed E-state index contributed by atoms with van der Waals surface area (Å²) in [5.41, 5.74) is 0.423. The molecule has 2 aromatic carbocycles. The molecule has 128 valence electrons. The number of para-hydroxylation sites is 1. The van der Waals surface area contributed by atoms with E-state index in [-0.39, 0.29) is 10.8 Å². The highest BCUT2D eigenvalue weighted by molar-refractivity contribution is 7.89. The first kappa shape index (κ1) is 18.0. The molecule has 0 aliphatic carbocycles. The van der Waals surface area contributed by atoms with Crippen LogP contribution in [0, 0.1) is 0 Å². The lowest BCUT2D eigenvalue weighted by atomic mass is 10.2. The van der Waals surface area contributed by atoms with E-state index in [1.165, 1.54) is 36.2 Å². The Morgan fingerprint density at radius 1 is 1.08 bits per heavy atom. The Labute approximate surface area is 142 Å². The maximum Gasteiger partial charge on any atom is 0.253 e. The van der Waals surface area contributed by atoms with Crippen molar-refractivity contribution in [3.05, 3.63) is 60.2 Å². The summed E-state index contributed by atoms with van der Waals surface area (Å²) in [6, 6.07) is 15.2. The third kappa shape index (κ3) is 4.56. The van der Waals surface area contributed by atoms with Gasteiger partial charge in [0.2, 0.25) is 10.0 Å². The van der Waals surface area contributed by atoms with Gasteiger partial charge in [-0.2, -0.15) is 0 Å². The predicted octanol–water partition coefficient (Wildman–Crippen LogP) is 1.75. The Morgan fingerprint density at radius 3 is 2.29 bits per heavy atom. The summed E-state index contributed by atoms with van der Waals surface area (Å²) in [6.45, 7) is 0.794. The van der Waals surface area contributed by atoms with Crippen LogP contribution in [0.25, 0.3) is 0 Å². The van der Waals surface area contributed by atoms with Crippen LogP contribution in [0.2, 0.25) is 0 Å². The van der Waals surface area contributed by atoms with Crippen molar-refractivity contribution in [2.75, 3.05) is 27.2 Å². The van der Waals surface area contributed by atoms with Crippen molar-refractivity contribution in [1.29, 1.82) is 0 Å². The van der Waals surface area contributed by atoms with Crippen molar-refractivity contribution >= 4 is 15.9 Å². The zero-order chi connectivity index (χ0) is 17.6. The molecular formula is C17H20N2O4S. The highest BCUT2D eigenvalue weighted by Crippen LogP contribution is 2.12. The number of carbonyl (C=O) groups is 1. The molecule has 7 heteroatoms. The molecule has 1 N–H and O–H groups in total. The summed E-state index contributed by atoms with van der Waals surface area (Å²) in [6.07, 6.45) is 0. The number of hydrogen-bond donors (Lipinski definition) is 1. The van der Waals surface area contributed by atoms with Crippen LogP contribution in [0.3, 0.4) is 0 Å². The summed E-state index contributed by atoms with van der Waals surface area (Å²) in [5, 5.41) is 0. The number of benzene rings is 2. The molecule has 0 heterocycles. The van der Waals surface area contributed by atoms with E-state index in [4.69, 9.17) is 4.74 Å². The number of nitrogens with zero attached hydrogens (tertiary/aromatic N) is 1. The molecule has 0 atom stereocenters. The summed E-state index contributed by atoms with van der Waals surface area (Å²) in [5.74, 6) is 0.556. The molecule has 0 saturated heterocycles. The van der Waals surface area contributed by atoms with Crippen LogP contribution in [-0.4, -0.2) is 46.5 Å². The van der Waals surface area contributed by atoms with Crippen molar-refractivity contribution in [3.8, 4) is 5.75 Å². The number of nitrogens with one attached hydrogen (secondary N) is 1. The third-order valence-corrected chi connectivity index (χ3v) is 4.90. The standard InChI is InChI=1S/C17H20N2O4S/c1-18-24(21,22)16-10-8-14(9-11-16)17(20)19(2)12-13-23-15-6-4-3-5-7-15/h3-11,18H,12-13H2,1-2H3. The van der Waals surface area contributed by atoms with E-state index in [0.717, 1.165) is 5.75 Å². The van der Waals surface area contributed by atoms with Gasteiger partial charge in [-0.3, -0.25) is 4.79 Å². The molecule has 0 bridgehead atoms. The van der Waals surface area contributed by atoms with Crippen molar-refractivity contribution in [3.63, 3.8) is 0 Å². The Hall–Kier alpha value is -2.38. The molecule has 0 spiro atoms. The van der Waals surface area contributed by atoms with Crippen LogP contribution in [0.1, 0.15) is 10.4 Å². The Balaban J connectivity index is 1.93. The lowest BCUT2D eigenvalue weighted by Crippen LogP contribution is -2.31. The molecule has 0 unspecified atom stereocenters. The predicted molar refractivity (Wildman–Crippen MR) is 91.6 cm³/mol. The first-order valence-corrected chi connectivity index (χ1v) is 8.89. The second kappa shape index (κ2) is 7.94. The fourth-order valence-corrected chi connectivity index (χ4v) is 2.76. The Kier molecular flexibility index (Phi) is 5.94. The molecule has 0 radical (unpaired) electrons. The molecule has 0 aliphatic heterocycles. The molecule has 6 nitrogen and oxygen atoms in total. The van der Waals surface area contributed by atoms with Crippen LogP contribution < -0.4 is 9.46 Å². The number of likely N-dealkylation sites (N-methyl/N-ethyl adjacent to an activating group) is 1. The molecule has 2 rings (SSSR count). The van der Waals surface area contributed by atoms with Crippen molar-refractivity contribution < 1.29 is 17.9 Å². The summed E-state index contributed by atoms with van der Waals surface area (Å²) in [4.78, 5) is 14.0. The second-order valence-corrected chi connectivity index (χ2v) is 7.01. The number of hydrogen-bond acceptors (Lipinski definition) is 4. The fourth-order valence-electron chi connectivity index (χ4n) is 2.03. The minimum Gasteiger partial charge on any atom is -0.492 e. The van der Waals surface area contributed by atoms with Crippen molar-refractivity contribution in [2.24, 2.45) is 0 Å². The molecule has 24 heavy (non-hydrogen) atoms. The molecule has 1 amide bonds. The largest absolute Gasteiger partial charge is 0.492 e. The maximum atomic E-state index is 12.3. The van der Waals surface area contributed by atoms with Crippen molar-refractivity contribution in [2.45, 2.75) is 4.90 Å². The average molecular weight is 348 g/mol. The van der Waals surface area contributed by atoms with E-state index in [1.807, 2.05) is 30.3 Å². The fraction of sp³-hybridized carbons (Fsp3) is 0.235. The summed E-state index contributed by atoms with van der Waals surface area (Å²) < 4.78 is 31.1. The summed E-state index contributed by atoms with van der Waals surface area (Å²) >= 11 is 0. The minimum absolute atomic E-state index is 0.122. The van der Waals surface area contributed by atoms with Crippen LogP contribution in [0.15, 0.2) is 59.5 Å². The van der Waals surface area contributed by atoms with Crippen LogP contribution in [0.5, 0.6) is 5.75 Å². The van der Waals surface area contributed by atoms with Gasteiger partial charge >= 0.3 is 0 Å². The lowest BCUT2D eigenvalue weighted by Gasteiger charge is -2.17. The Morgan fingerprint density at radius 2 is 1.71 bits per heavy atom. The van der Waals surface area contributed by atoms with Crippen LogP contribution in [-0.2, 0) is 10.0 Å². The van der Waals surface area contributed by atoms with Crippen LogP contribution >= 0.6 is 0 Å². The lowest BCUT2D eigenvalue weighted by molar-refractivity contribution is 0.0773. The quantitative estimate of drug-likeness (QED) is 0.827. The van der Waals surface area contributed by atoms with E-state index in [1.54, 1.807) is 7.05 Å². The van der Waals surface area contributed by atoms with Gasteiger partial charge in [0.15, 0.2) is 0 Å². The first-order chi connectivity index (χ1) is 11.4. The maximum absolute atomic E-state index is 12.3. The molecule has 2 aromatic rings. The zero-order valence-corrected chi connectivity index (χ0v) is 14.4. The SMILES string of the molecule is CNS(=O)(=O)c1ccc(C(=O)N(C)CCOc2ccccc2)cc1. The number of rotatable bonds is 7. The second-order valence-electron chi connectivity index (χ2n) is 5.12. The van der Waals surface area contributed by atoms with Crippen molar-refractivity contribution in [1.82, 2.24) is 9.62 Å². The third-order valence-electron chi connectivity index (χ3n) is 3.47. The van der Waals surface area contributed by atoms with Gasteiger partial charge in [-0.05, 0) is 43.4 Å². The molecular weight excluding hydrogens is 328 g/mol. The molecule has 0 aliphatic rings. The van der Waals surface area contributed by atoms with Gasteiger partial charge in [-0.15, -0.1) is 0 Å². The number of carbonyl (C=O) groups excluding carboxylic acids is 1. The van der Waals surface area contributed by atoms with E-state index in [2.05, 4.69) is 4.72 Å².